The minimum atomic E-state index is -0.585. The van der Waals surface area contributed by atoms with E-state index in [-0.39, 0.29) is 29.7 Å². The van der Waals surface area contributed by atoms with Crippen LogP contribution in [-0.2, 0) is 9.59 Å². The SMILES string of the molecule is CCC(=O)NC1CCCN(C(=O)C(NC(=O)c2cccc(C)c2)C(C)C)C1. The first-order valence-electron chi connectivity index (χ1n) is 9.77. The zero-order valence-corrected chi connectivity index (χ0v) is 16.7. The average molecular weight is 373 g/mol. The van der Waals surface area contributed by atoms with Gasteiger partial charge in [-0.05, 0) is 37.8 Å². The van der Waals surface area contributed by atoms with Crippen molar-refractivity contribution in [2.45, 2.75) is 59.0 Å². The summed E-state index contributed by atoms with van der Waals surface area (Å²) in [7, 11) is 0. The summed E-state index contributed by atoms with van der Waals surface area (Å²) in [5.41, 5.74) is 1.56. The highest BCUT2D eigenvalue weighted by atomic mass is 16.2. The van der Waals surface area contributed by atoms with Crippen LogP contribution in [0.25, 0.3) is 0 Å². The van der Waals surface area contributed by atoms with E-state index in [9.17, 15) is 14.4 Å². The molecule has 1 aromatic rings. The average Bonchev–Trinajstić information content (AvgIpc) is 2.65. The Morgan fingerprint density at radius 1 is 1.26 bits per heavy atom. The van der Waals surface area contributed by atoms with Crippen LogP contribution in [-0.4, -0.2) is 47.8 Å². The van der Waals surface area contributed by atoms with Gasteiger partial charge in [0.1, 0.15) is 6.04 Å². The molecule has 0 spiro atoms. The number of rotatable bonds is 6. The predicted octanol–water partition coefficient (Wildman–Crippen LogP) is 2.27. The van der Waals surface area contributed by atoms with Gasteiger partial charge in [0.2, 0.25) is 11.8 Å². The van der Waals surface area contributed by atoms with Gasteiger partial charge in [0, 0.05) is 31.1 Å². The lowest BCUT2D eigenvalue weighted by Gasteiger charge is -2.36. The van der Waals surface area contributed by atoms with Crippen molar-refractivity contribution in [3.63, 3.8) is 0 Å². The molecule has 6 heteroatoms. The van der Waals surface area contributed by atoms with Gasteiger partial charge < -0.3 is 15.5 Å². The number of amides is 3. The van der Waals surface area contributed by atoms with Crippen molar-refractivity contribution in [2.24, 2.45) is 5.92 Å². The van der Waals surface area contributed by atoms with E-state index in [1.165, 1.54) is 0 Å². The lowest BCUT2D eigenvalue weighted by molar-refractivity contribution is -0.136. The summed E-state index contributed by atoms with van der Waals surface area (Å²) in [5, 5.41) is 5.88. The second-order valence-corrected chi connectivity index (χ2v) is 7.61. The molecular weight excluding hydrogens is 342 g/mol. The van der Waals surface area contributed by atoms with Gasteiger partial charge >= 0.3 is 0 Å². The van der Waals surface area contributed by atoms with E-state index in [0.717, 1.165) is 18.4 Å². The van der Waals surface area contributed by atoms with E-state index in [0.29, 0.717) is 25.1 Å². The molecule has 148 valence electrons. The Bertz CT molecular complexity index is 687. The second-order valence-electron chi connectivity index (χ2n) is 7.61. The van der Waals surface area contributed by atoms with Gasteiger partial charge in [0.05, 0.1) is 0 Å². The number of carbonyl (C=O) groups excluding carboxylic acids is 3. The summed E-state index contributed by atoms with van der Waals surface area (Å²) in [6.45, 7) is 8.75. The van der Waals surface area contributed by atoms with E-state index in [1.54, 1.807) is 11.0 Å². The van der Waals surface area contributed by atoms with E-state index < -0.39 is 6.04 Å². The Morgan fingerprint density at radius 3 is 2.63 bits per heavy atom. The van der Waals surface area contributed by atoms with Crippen LogP contribution in [0.2, 0.25) is 0 Å². The number of benzene rings is 1. The highest BCUT2D eigenvalue weighted by molar-refractivity contribution is 5.97. The quantitative estimate of drug-likeness (QED) is 0.803. The third kappa shape index (κ3) is 5.81. The van der Waals surface area contributed by atoms with E-state index in [1.807, 2.05) is 45.9 Å². The molecule has 0 radical (unpaired) electrons. The lowest BCUT2D eigenvalue weighted by Crippen LogP contribution is -2.56. The van der Waals surface area contributed by atoms with Crippen LogP contribution in [0, 0.1) is 12.8 Å². The molecule has 3 amide bonds. The van der Waals surface area contributed by atoms with Gasteiger partial charge in [-0.2, -0.15) is 0 Å². The highest BCUT2D eigenvalue weighted by Crippen LogP contribution is 2.15. The van der Waals surface area contributed by atoms with Crippen molar-refractivity contribution in [1.82, 2.24) is 15.5 Å². The molecule has 0 bridgehead atoms. The highest BCUT2D eigenvalue weighted by Gasteiger charge is 2.32. The number of nitrogens with zero attached hydrogens (tertiary/aromatic N) is 1. The molecule has 2 rings (SSSR count). The number of piperidine rings is 1. The van der Waals surface area contributed by atoms with Crippen molar-refractivity contribution in [2.75, 3.05) is 13.1 Å². The maximum absolute atomic E-state index is 13.1. The fourth-order valence-corrected chi connectivity index (χ4v) is 3.35. The molecular formula is C21H31N3O3. The third-order valence-corrected chi connectivity index (χ3v) is 4.92. The number of hydrogen-bond donors (Lipinski definition) is 2. The van der Waals surface area contributed by atoms with Gasteiger partial charge in [-0.25, -0.2) is 0 Å². The molecule has 1 aromatic carbocycles. The van der Waals surface area contributed by atoms with Gasteiger partial charge in [-0.3, -0.25) is 14.4 Å². The first kappa shape index (κ1) is 20.9. The van der Waals surface area contributed by atoms with E-state index in [4.69, 9.17) is 0 Å². The Morgan fingerprint density at radius 2 is 2.00 bits per heavy atom. The van der Waals surface area contributed by atoms with Crippen LogP contribution >= 0.6 is 0 Å². The Hall–Kier alpha value is -2.37. The number of carbonyl (C=O) groups is 3. The molecule has 1 saturated heterocycles. The molecule has 1 fully saturated rings. The summed E-state index contributed by atoms with van der Waals surface area (Å²) in [6, 6.07) is 6.73. The summed E-state index contributed by atoms with van der Waals surface area (Å²) in [6.07, 6.45) is 2.15. The molecule has 0 saturated carbocycles. The molecule has 0 aliphatic carbocycles. The van der Waals surface area contributed by atoms with Gasteiger partial charge in [0.25, 0.3) is 5.91 Å². The fraction of sp³-hybridized carbons (Fsp3) is 0.571. The summed E-state index contributed by atoms with van der Waals surface area (Å²) < 4.78 is 0. The maximum atomic E-state index is 13.1. The first-order chi connectivity index (χ1) is 12.8. The summed E-state index contributed by atoms with van der Waals surface area (Å²) in [4.78, 5) is 39.1. The van der Waals surface area contributed by atoms with Crippen molar-refractivity contribution >= 4 is 17.7 Å². The molecule has 1 aliphatic rings. The Labute approximate surface area is 161 Å². The van der Waals surface area contributed by atoms with Crippen LogP contribution in [0.5, 0.6) is 0 Å². The van der Waals surface area contributed by atoms with Crippen LogP contribution in [0.1, 0.15) is 56.0 Å². The van der Waals surface area contributed by atoms with Crippen LogP contribution in [0.15, 0.2) is 24.3 Å². The van der Waals surface area contributed by atoms with Crippen molar-refractivity contribution in [3.05, 3.63) is 35.4 Å². The molecule has 1 heterocycles. The van der Waals surface area contributed by atoms with Crippen LogP contribution in [0.3, 0.4) is 0 Å². The van der Waals surface area contributed by atoms with Gasteiger partial charge in [-0.1, -0.05) is 38.5 Å². The van der Waals surface area contributed by atoms with Crippen LogP contribution in [0.4, 0.5) is 0 Å². The lowest BCUT2D eigenvalue weighted by atomic mass is 9.99. The topological polar surface area (TPSA) is 78.5 Å². The largest absolute Gasteiger partial charge is 0.352 e. The molecule has 27 heavy (non-hydrogen) atoms. The minimum Gasteiger partial charge on any atom is -0.352 e. The first-order valence-corrected chi connectivity index (χ1v) is 9.77. The second kappa shape index (κ2) is 9.53. The fourth-order valence-electron chi connectivity index (χ4n) is 3.35. The van der Waals surface area contributed by atoms with Gasteiger partial charge in [0.15, 0.2) is 0 Å². The Kier molecular flexibility index (Phi) is 7.39. The monoisotopic (exact) mass is 373 g/mol. The number of nitrogens with one attached hydrogen (secondary N) is 2. The molecule has 2 atom stereocenters. The minimum absolute atomic E-state index is 0.00228. The zero-order chi connectivity index (χ0) is 20.0. The molecule has 2 unspecified atom stereocenters. The Balaban J connectivity index is 2.05. The maximum Gasteiger partial charge on any atom is 0.251 e. The standard InChI is InChI=1S/C21H31N3O3/c1-5-18(25)22-17-10-7-11-24(13-17)21(27)19(14(2)3)23-20(26)16-9-6-8-15(4)12-16/h6,8-9,12,14,17,19H,5,7,10-11,13H2,1-4H3,(H,22,25)(H,23,26). The molecule has 6 nitrogen and oxygen atoms in total. The zero-order valence-electron chi connectivity index (χ0n) is 16.7. The number of likely N-dealkylation sites (tertiary alicyclic amines) is 1. The van der Waals surface area contributed by atoms with E-state index >= 15 is 0 Å². The van der Waals surface area contributed by atoms with E-state index in [2.05, 4.69) is 10.6 Å². The van der Waals surface area contributed by atoms with Gasteiger partial charge in [-0.15, -0.1) is 0 Å². The summed E-state index contributed by atoms with van der Waals surface area (Å²) >= 11 is 0. The van der Waals surface area contributed by atoms with Crippen molar-refractivity contribution in [3.8, 4) is 0 Å². The molecule has 2 N–H and O–H groups in total. The normalized spacial score (nSPS) is 18.1. The third-order valence-electron chi connectivity index (χ3n) is 4.92. The number of hydrogen-bond acceptors (Lipinski definition) is 3. The predicted molar refractivity (Wildman–Crippen MR) is 105 cm³/mol. The summed E-state index contributed by atoms with van der Waals surface area (Å²) in [5.74, 6) is -0.348. The van der Waals surface area contributed by atoms with Crippen molar-refractivity contribution in [1.29, 1.82) is 0 Å². The molecule has 1 aliphatic heterocycles. The van der Waals surface area contributed by atoms with Crippen LogP contribution < -0.4 is 10.6 Å². The smallest absolute Gasteiger partial charge is 0.251 e. The molecule has 0 aromatic heterocycles. The van der Waals surface area contributed by atoms with Crippen molar-refractivity contribution < 1.29 is 14.4 Å². The number of aryl methyl sites for hydroxylation is 1.